The Kier molecular flexibility index (Phi) is 5.41. The van der Waals surface area contributed by atoms with E-state index in [4.69, 9.17) is 0 Å². The van der Waals surface area contributed by atoms with Crippen molar-refractivity contribution in [1.82, 2.24) is 30.1 Å². The van der Waals surface area contributed by atoms with Gasteiger partial charge in [0.1, 0.15) is 0 Å². The molecule has 3 rings (SSSR count). The molecule has 0 bridgehead atoms. The maximum atomic E-state index is 12.3. The van der Waals surface area contributed by atoms with Crippen molar-refractivity contribution in [3.63, 3.8) is 0 Å². The minimum atomic E-state index is -0.0754. The Balaban J connectivity index is 1.43. The molecule has 2 aromatic rings. The summed E-state index contributed by atoms with van der Waals surface area (Å²) in [6, 6.07) is 0. The second-order valence-corrected chi connectivity index (χ2v) is 7.19. The number of hydrogen-bond donors (Lipinski definition) is 1. The first-order valence-corrected chi connectivity index (χ1v) is 9.33. The lowest BCUT2D eigenvalue weighted by Crippen LogP contribution is -2.42. The van der Waals surface area contributed by atoms with E-state index >= 15 is 0 Å². The van der Waals surface area contributed by atoms with Crippen LogP contribution in [0.3, 0.4) is 0 Å². The van der Waals surface area contributed by atoms with E-state index in [2.05, 4.69) is 25.8 Å². The number of anilines is 1. The summed E-state index contributed by atoms with van der Waals surface area (Å²) in [4.78, 5) is 30.3. The van der Waals surface area contributed by atoms with Gasteiger partial charge in [-0.2, -0.15) is 0 Å². The molecule has 11 heteroatoms. The number of likely N-dealkylation sites (tertiary alicyclic amines) is 1. The second kappa shape index (κ2) is 7.71. The first kappa shape index (κ1) is 16.8. The minimum absolute atomic E-state index is 0.0171. The number of aryl methyl sites for hydroxylation is 1. The van der Waals surface area contributed by atoms with Gasteiger partial charge in [-0.3, -0.25) is 9.59 Å². The normalized spacial score (nSPS) is 15.5. The number of nitrogens with one attached hydrogen (secondary N) is 1. The van der Waals surface area contributed by atoms with Crippen molar-refractivity contribution in [3.8, 4) is 0 Å². The van der Waals surface area contributed by atoms with E-state index < -0.39 is 0 Å². The third kappa shape index (κ3) is 4.09. The van der Waals surface area contributed by atoms with Gasteiger partial charge in [0.05, 0.1) is 5.75 Å². The van der Waals surface area contributed by atoms with Crippen LogP contribution in [0.2, 0.25) is 0 Å². The zero-order valence-corrected chi connectivity index (χ0v) is 14.7. The van der Waals surface area contributed by atoms with Crippen molar-refractivity contribution in [2.45, 2.75) is 18.0 Å². The van der Waals surface area contributed by atoms with Gasteiger partial charge in [0.25, 0.3) is 0 Å². The molecule has 0 atom stereocenters. The monoisotopic (exact) mass is 367 g/mol. The highest BCUT2D eigenvalue weighted by Crippen LogP contribution is 2.21. The molecule has 1 saturated heterocycles. The van der Waals surface area contributed by atoms with Crippen LogP contribution in [0.15, 0.2) is 16.7 Å². The largest absolute Gasteiger partial charge is 0.342 e. The van der Waals surface area contributed by atoms with Crippen LogP contribution < -0.4 is 5.32 Å². The molecular weight excluding hydrogens is 350 g/mol. The summed E-state index contributed by atoms with van der Waals surface area (Å²) in [6.45, 7) is 1.18. The van der Waals surface area contributed by atoms with Crippen molar-refractivity contribution < 1.29 is 9.59 Å². The minimum Gasteiger partial charge on any atom is -0.342 e. The number of carbonyl (C=O) groups is 2. The number of thioether (sulfide) groups is 1. The lowest BCUT2D eigenvalue weighted by molar-refractivity contribution is -0.132. The Morgan fingerprint density at radius 3 is 2.83 bits per heavy atom. The lowest BCUT2D eigenvalue weighted by Gasteiger charge is -2.31. The first-order chi connectivity index (χ1) is 11.6. The molecule has 1 N–H and O–H groups in total. The predicted octanol–water partition coefficient (Wildman–Crippen LogP) is 0.636. The van der Waals surface area contributed by atoms with E-state index in [1.54, 1.807) is 18.1 Å². The Morgan fingerprint density at radius 1 is 1.42 bits per heavy atom. The summed E-state index contributed by atoms with van der Waals surface area (Å²) in [6.07, 6.45) is 2.99. The van der Waals surface area contributed by atoms with Crippen molar-refractivity contribution >= 4 is 40.0 Å². The highest BCUT2D eigenvalue weighted by molar-refractivity contribution is 7.99. The smallest absolute Gasteiger partial charge is 0.233 e. The van der Waals surface area contributed by atoms with Crippen molar-refractivity contribution in [1.29, 1.82) is 0 Å². The number of hydrogen-bond acceptors (Lipinski definition) is 8. The predicted molar refractivity (Wildman–Crippen MR) is 89.6 cm³/mol. The van der Waals surface area contributed by atoms with Gasteiger partial charge in [-0.15, -0.1) is 16.4 Å². The molecule has 0 aliphatic carbocycles. The summed E-state index contributed by atoms with van der Waals surface area (Å²) in [5, 5.41) is 17.0. The molecule has 1 fully saturated rings. The highest BCUT2D eigenvalue weighted by atomic mass is 32.2. The van der Waals surface area contributed by atoms with Crippen LogP contribution in [-0.2, 0) is 16.6 Å². The fourth-order valence-corrected chi connectivity index (χ4v) is 3.73. The summed E-state index contributed by atoms with van der Waals surface area (Å²) < 4.78 is 1.53. The number of aromatic nitrogens is 5. The van der Waals surface area contributed by atoms with Gasteiger partial charge >= 0.3 is 0 Å². The summed E-state index contributed by atoms with van der Waals surface area (Å²) in [5.41, 5.74) is 0. The average Bonchev–Trinajstić information content (AvgIpc) is 3.24. The maximum absolute atomic E-state index is 12.3. The highest BCUT2D eigenvalue weighted by Gasteiger charge is 2.27. The van der Waals surface area contributed by atoms with Crippen LogP contribution in [0.25, 0.3) is 0 Å². The molecule has 0 radical (unpaired) electrons. The van der Waals surface area contributed by atoms with Crippen LogP contribution in [0.4, 0.5) is 5.13 Å². The van der Waals surface area contributed by atoms with Crippen molar-refractivity contribution in [3.05, 3.63) is 11.6 Å². The molecule has 128 valence electrons. The third-order valence-electron chi connectivity index (χ3n) is 3.79. The van der Waals surface area contributed by atoms with Gasteiger partial charge in [0.2, 0.25) is 17.0 Å². The summed E-state index contributed by atoms with van der Waals surface area (Å²) in [7, 11) is 1.74. The average molecular weight is 367 g/mol. The molecule has 3 heterocycles. The van der Waals surface area contributed by atoms with Gasteiger partial charge in [0, 0.05) is 37.6 Å². The van der Waals surface area contributed by atoms with Gasteiger partial charge in [-0.1, -0.05) is 11.8 Å². The van der Waals surface area contributed by atoms with Crippen LogP contribution >= 0.6 is 23.1 Å². The maximum Gasteiger partial charge on any atom is 0.233 e. The summed E-state index contributed by atoms with van der Waals surface area (Å²) in [5.74, 6) is 0.247. The molecule has 0 aromatic carbocycles. The van der Waals surface area contributed by atoms with E-state index in [-0.39, 0.29) is 17.7 Å². The van der Waals surface area contributed by atoms with Crippen LogP contribution in [-0.4, -0.2) is 60.7 Å². The molecule has 2 aromatic heterocycles. The molecule has 1 aliphatic rings. The molecule has 24 heavy (non-hydrogen) atoms. The number of nitrogens with zero attached hydrogens (tertiary/aromatic N) is 6. The molecule has 0 spiro atoms. The number of rotatable bonds is 5. The zero-order chi connectivity index (χ0) is 16.9. The molecule has 0 unspecified atom stereocenters. The molecular formula is C13H17N7O2S2. The Morgan fingerprint density at radius 2 is 2.21 bits per heavy atom. The second-order valence-electron chi connectivity index (χ2n) is 5.36. The Labute approximate surface area is 146 Å². The first-order valence-electron chi connectivity index (χ1n) is 7.47. The number of thiazole rings is 1. The number of piperidine rings is 1. The van der Waals surface area contributed by atoms with Gasteiger partial charge < -0.3 is 10.2 Å². The van der Waals surface area contributed by atoms with Gasteiger partial charge in [-0.25, -0.2) is 9.67 Å². The molecule has 9 nitrogen and oxygen atoms in total. The molecule has 0 saturated carbocycles. The van der Waals surface area contributed by atoms with Crippen molar-refractivity contribution in [2.75, 3.05) is 24.2 Å². The van der Waals surface area contributed by atoms with Crippen LogP contribution in [0.1, 0.15) is 12.8 Å². The fourth-order valence-electron chi connectivity index (χ4n) is 2.44. The van der Waals surface area contributed by atoms with E-state index in [0.29, 0.717) is 42.0 Å². The number of amides is 2. The summed E-state index contributed by atoms with van der Waals surface area (Å²) >= 11 is 2.71. The van der Waals surface area contributed by atoms with E-state index in [9.17, 15) is 9.59 Å². The quantitative estimate of drug-likeness (QED) is 0.773. The van der Waals surface area contributed by atoms with E-state index in [1.165, 1.54) is 27.8 Å². The molecule has 2 amide bonds. The fraction of sp³-hybridized carbons (Fsp3) is 0.538. The standard InChI is InChI=1S/C13H17N7O2S2/c1-19-13(16-17-18-19)24-8-10(21)20-5-2-9(3-6-20)11(22)15-12-14-4-7-23-12/h4,7,9H,2-3,5-6,8H2,1H3,(H,14,15,22). The zero-order valence-electron chi connectivity index (χ0n) is 13.1. The topological polar surface area (TPSA) is 106 Å². The van der Waals surface area contributed by atoms with Crippen LogP contribution in [0.5, 0.6) is 0 Å². The SMILES string of the molecule is Cn1nnnc1SCC(=O)N1CCC(C(=O)Nc2nccs2)CC1. The van der Waals surface area contributed by atoms with Gasteiger partial charge in [-0.05, 0) is 23.3 Å². The van der Waals surface area contributed by atoms with E-state index in [1.807, 2.05) is 5.38 Å². The Hall–Kier alpha value is -2.01. The van der Waals surface area contributed by atoms with E-state index in [0.717, 1.165) is 0 Å². The third-order valence-corrected chi connectivity index (χ3v) is 5.47. The van der Waals surface area contributed by atoms with Crippen molar-refractivity contribution in [2.24, 2.45) is 13.0 Å². The number of carbonyl (C=O) groups excluding carboxylic acids is 2. The molecule has 1 aliphatic heterocycles. The van der Waals surface area contributed by atoms with Crippen LogP contribution in [0, 0.1) is 5.92 Å². The van der Waals surface area contributed by atoms with Gasteiger partial charge in [0.15, 0.2) is 5.13 Å². The number of tetrazole rings is 1. The lowest BCUT2D eigenvalue weighted by atomic mass is 9.96. The Bertz CT molecular complexity index is 695.